The Bertz CT molecular complexity index is 844. The lowest BCUT2D eigenvalue weighted by molar-refractivity contribution is -0.149. The lowest BCUT2D eigenvalue weighted by Gasteiger charge is -2.18. The van der Waals surface area contributed by atoms with Gasteiger partial charge in [0, 0.05) is 21.3 Å². The van der Waals surface area contributed by atoms with Crippen molar-refractivity contribution >= 4 is 26.4 Å². The Morgan fingerprint density at radius 3 is 2.52 bits per heavy atom. The molecule has 0 N–H and O–H groups in total. The summed E-state index contributed by atoms with van der Waals surface area (Å²) in [5, 5.41) is 0. The van der Waals surface area contributed by atoms with Gasteiger partial charge in [-0.2, -0.15) is 0 Å². The monoisotopic (exact) mass is 480 g/mol. The molecule has 0 aromatic heterocycles. The number of benzene rings is 1. The maximum Gasteiger partial charge on any atom is 0.342 e. The first kappa shape index (κ1) is 27.0. The standard InChI is InChI=1S/C24H36O8Si/c1-24(2)31-19(21(15-25)32-24)10-8-9-17-13-18(28-4)14-20(30-16-27-3)22(17)23(26)29-11-12-33(5,6)7/h8-9,13-15,19,21H,10-12,16H2,1-7H3/b9-8+. The fourth-order valence-corrected chi connectivity index (χ4v) is 4.04. The second kappa shape index (κ2) is 11.8. The summed E-state index contributed by atoms with van der Waals surface area (Å²) >= 11 is 0. The Morgan fingerprint density at radius 1 is 1.18 bits per heavy atom. The van der Waals surface area contributed by atoms with E-state index in [1.807, 2.05) is 6.08 Å². The van der Waals surface area contributed by atoms with Crippen LogP contribution in [0.15, 0.2) is 18.2 Å². The quantitative estimate of drug-likeness (QED) is 0.189. The van der Waals surface area contributed by atoms with E-state index in [1.165, 1.54) is 14.2 Å². The maximum absolute atomic E-state index is 13.0. The Labute approximate surface area is 197 Å². The summed E-state index contributed by atoms with van der Waals surface area (Å²) in [7, 11) is 1.68. The molecule has 1 aliphatic heterocycles. The molecule has 2 atom stereocenters. The molecule has 1 heterocycles. The van der Waals surface area contributed by atoms with Gasteiger partial charge in [-0.25, -0.2) is 4.79 Å². The second-order valence-electron chi connectivity index (χ2n) is 9.50. The van der Waals surface area contributed by atoms with Crippen molar-refractivity contribution in [3.63, 3.8) is 0 Å². The van der Waals surface area contributed by atoms with Gasteiger partial charge in [0.15, 0.2) is 18.9 Å². The van der Waals surface area contributed by atoms with Crippen LogP contribution in [0, 0.1) is 0 Å². The molecule has 1 fully saturated rings. The smallest absolute Gasteiger partial charge is 0.342 e. The molecule has 9 heteroatoms. The fourth-order valence-electron chi connectivity index (χ4n) is 3.33. The van der Waals surface area contributed by atoms with Crippen LogP contribution in [0.2, 0.25) is 25.7 Å². The number of esters is 1. The van der Waals surface area contributed by atoms with Crippen LogP contribution >= 0.6 is 0 Å². The Morgan fingerprint density at radius 2 is 1.91 bits per heavy atom. The number of carbonyl (C=O) groups is 2. The summed E-state index contributed by atoms with van der Waals surface area (Å²) in [6, 6.07) is 4.22. The van der Waals surface area contributed by atoms with Crippen LogP contribution in [-0.2, 0) is 23.7 Å². The number of rotatable bonds is 12. The summed E-state index contributed by atoms with van der Waals surface area (Å²) < 4.78 is 33.1. The van der Waals surface area contributed by atoms with E-state index in [2.05, 4.69) is 19.6 Å². The average Bonchev–Trinajstić information content (AvgIpc) is 3.04. The highest BCUT2D eigenvalue weighted by atomic mass is 28.3. The van der Waals surface area contributed by atoms with Crippen molar-refractivity contribution in [2.45, 2.75) is 63.9 Å². The van der Waals surface area contributed by atoms with E-state index in [9.17, 15) is 9.59 Å². The molecule has 0 amide bonds. The van der Waals surface area contributed by atoms with E-state index in [0.29, 0.717) is 30.1 Å². The van der Waals surface area contributed by atoms with E-state index >= 15 is 0 Å². The largest absolute Gasteiger partial charge is 0.497 e. The first-order valence-corrected chi connectivity index (χ1v) is 14.7. The molecule has 0 radical (unpaired) electrons. The molecule has 0 aliphatic carbocycles. The van der Waals surface area contributed by atoms with Crippen molar-refractivity contribution in [3.05, 3.63) is 29.3 Å². The third kappa shape index (κ3) is 8.26. The number of carbonyl (C=O) groups excluding carboxylic acids is 2. The molecule has 2 unspecified atom stereocenters. The summed E-state index contributed by atoms with van der Waals surface area (Å²) in [4.78, 5) is 24.4. The van der Waals surface area contributed by atoms with Crippen molar-refractivity contribution < 1.29 is 38.0 Å². The first-order valence-electron chi connectivity index (χ1n) is 11.0. The van der Waals surface area contributed by atoms with Crippen LogP contribution in [0.3, 0.4) is 0 Å². The summed E-state index contributed by atoms with van der Waals surface area (Å²) in [5.41, 5.74) is 0.856. The van der Waals surface area contributed by atoms with Crippen molar-refractivity contribution in [2.24, 2.45) is 0 Å². The number of hydrogen-bond donors (Lipinski definition) is 0. The van der Waals surface area contributed by atoms with Gasteiger partial charge in [0.1, 0.15) is 23.2 Å². The molecular formula is C24H36O8Si. The highest BCUT2D eigenvalue weighted by molar-refractivity contribution is 6.76. The molecule has 184 valence electrons. The topological polar surface area (TPSA) is 89.5 Å². The van der Waals surface area contributed by atoms with Crippen LogP contribution in [0.25, 0.3) is 6.08 Å². The van der Waals surface area contributed by atoms with Gasteiger partial charge in [-0.05, 0) is 37.9 Å². The summed E-state index contributed by atoms with van der Waals surface area (Å²) in [5.74, 6) is -0.478. The molecule has 0 bridgehead atoms. The van der Waals surface area contributed by atoms with Crippen LogP contribution in [-0.4, -0.2) is 65.9 Å². The SMILES string of the molecule is COCOc1cc(OC)cc(/C=C/CC2OC(C)(C)OC2C=O)c1C(=O)OCC[Si](C)(C)C. The normalized spacial score (nSPS) is 20.1. The number of hydrogen-bond acceptors (Lipinski definition) is 8. The predicted molar refractivity (Wildman–Crippen MR) is 127 cm³/mol. The lowest BCUT2D eigenvalue weighted by Crippen LogP contribution is -2.23. The van der Waals surface area contributed by atoms with E-state index < -0.39 is 32.0 Å². The average molecular weight is 481 g/mol. The third-order valence-corrected chi connectivity index (χ3v) is 6.69. The Balaban J connectivity index is 2.30. The van der Waals surface area contributed by atoms with Crippen LogP contribution in [0.5, 0.6) is 11.5 Å². The number of aldehydes is 1. The minimum Gasteiger partial charge on any atom is -0.497 e. The molecule has 1 aromatic carbocycles. The molecule has 33 heavy (non-hydrogen) atoms. The van der Waals surface area contributed by atoms with Gasteiger partial charge in [0.25, 0.3) is 0 Å². The summed E-state index contributed by atoms with van der Waals surface area (Å²) in [6.07, 6.45) is 3.70. The van der Waals surface area contributed by atoms with E-state index in [1.54, 1.807) is 32.1 Å². The predicted octanol–water partition coefficient (Wildman–Crippen LogP) is 4.30. The van der Waals surface area contributed by atoms with E-state index in [4.69, 9.17) is 28.4 Å². The Hall–Kier alpha value is -2.20. The lowest BCUT2D eigenvalue weighted by atomic mass is 10.0. The van der Waals surface area contributed by atoms with Gasteiger partial charge in [-0.1, -0.05) is 31.8 Å². The minimum absolute atomic E-state index is 0.0329. The fraction of sp³-hybridized carbons (Fsp3) is 0.583. The van der Waals surface area contributed by atoms with Crippen molar-refractivity contribution in [1.82, 2.24) is 0 Å². The molecular weight excluding hydrogens is 444 g/mol. The van der Waals surface area contributed by atoms with Gasteiger partial charge in [0.05, 0.1) is 19.8 Å². The number of methoxy groups -OCH3 is 2. The molecule has 1 saturated heterocycles. The third-order valence-electron chi connectivity index (χ3n) is 4.98. The maximum atomic E-state index is 13.0. The summed E-state index contributed by atoms with van der Waals surface area (Å²) in [6.45, 7) is 10.5. The van der Waals surface area contributed by atoms with Crippen LogP contribution < -0.4 is 9.47 Å². The molecule has 1 aliphatic rings. The zero-order chi connectivity index (χ0) is 24.6. The van der Waals surface area contributed by atoms with Crippen molar-refractivity contribution in [3.8, 4) is 11.5 Å². The van der Waals surface area contributed by atoms with E-state index in [-0.39, 0.29) is 12.4 Å². The van der Waals surface area contributed by atoms with E-state index in [0.717, 1.165) is 12.3 Å². The molecule has 0 spiro atoms. The van der Waals surface area contributed by atoms with Gasteiger partial charge in [-0.15, -0.1) is 0 Å². The van der Waals surface area contributed by atoms with Gasteiger partial charge in [0.2, 0.25) is 0 Å². The van der Waals surface area contributed by atoms with Gasteiger partial charge in [-0.3, -0.25) is 0 Å². The molecule has 1 aromatic rings. The highest BCUT2D eigenvalue weighted by Gasteiger charge is 2.40. The molecule has 8 nitrogen and oxygen atoms in total. The van der Waals surface area contributed by atoms with Gasteiger partial charge < -0.3 is 33.2 Å². The molecule has 2 rings (SSSR count). The van der Waals surface area contributed by atoms with Crippen LogP contribution in [0.4, 0.5) is 0 Å². The first-order chi connectivity index (χ1) is 15.5. The molecule has 0 saturated carbocycles. The van der Waals surface area contributed by atoms with Gasteiger partial charge >= 0.3 is 5.97 Å². The minimum atomic E-state index is -1.36. The Kier molecular flexibility index (Phi) is 9.66. The highest BCUT2D eigenvalue weighted by Crippen LogP contribution is 2.32. The zero-order valence-corrected chi connectivity index (χ0v) is 21.6. The van der Waals surface area contributed by atoms with Crippen LogP contribution in [0.1, 0.15) is 36.2 Å². The zero-order valence-electron chi connectivity index (χ0n) is 20.6. The number of ether oxygens (including phenoxy) is 6. The van der Waals surface area contributed by atoms with Crippen molar-refractivity contribution in [1.29, 1.82) is 0 Å². The van der Waals surface area contributed by atoms with Crippen molar-refractivity contribution in [2.75, 3.05) is 27.6 Å². The second-order valence-corrected chi connectivity index (χ2v) is 15.1.